The van der Waals surface area contributed by atoms with Crippen molar-refractivity contribution in [2.45, 2.75) is 27.7 Å². The molecule has 0 spiro atoms. The summed E-state index contributed by atoms with van der Waals surface area (Å²) in [5.74, 6) is 0. The van der Waals surface area contributed by atoms with E-state index >= 15 is 0 Å². The van der Waals surface area contributed by atoms with Gasteiger partial charge >= 0.3 is 0 Å². The molecule has 0 aliphatic rings. The summed E-state index contributed by atoms with van der Waals surface area (Å²) in [4.78, 5) is 4.42. The van der Waals surface area contributed by atoms with E-state index < -0.39 is 0 Å². The number of nitrogens with zero attached hydrogens (tertiary/aromatic N) is 1. The highest BCUT2D eigenvalue weighted by Crippen LogP contribution is 2.18. The van der Waals surface area contributed by atoms with E-state index in [4.69, 9.17) is 0 Å². The Balaban J connectivity index is 3.46. The average Bonchev–Trinajstić information content (AvgIpc) is 1.97. The van der Waals surface area contributed by atoms with Crippen molar-refractivity contribution in [3.05, 3.63) is 26.1 Å². The number of hydrogen-bond donors (Lipinski definition) is 0. The van der Waals surface area contributed by atoms with Crippen molar-refractivity contribution < 1.29 is 0 Å². The maximum Gasteiger partial charge on any atom is 0.104 e. The van der Waals surface area contributed by atoms with Gasteiger partial charge in [0.2, 0.25) is 0 Å². The van der Waals surface area contributed by atoms with Crippen molar-refractivity contribution in [3.63, 3.8) is 0 Å². The van der Waals surface area contributed by atoms with Gasteiger partial charge in [-0.2, -0.15) is 0 Å². The number of aromatic nitrogens is 1. The molecule has 0 aliphatic carbocycles. The van der Waals surface area contributed by atoms with Crippen LogP contribution in [0.25, 0.3) is 0 Å². The molecule has 1 aromatic rings. The molecule has 0 amide bonds. The average molecular weight is 261 g/mol. The van der Waals surface area contributed by atoms with Crippen LogP contribution in [0.3, 0.4) is 0 Å². The topological polar surface area (TPSA) is 12.9 Å². The Morgan fingerprint density at radius 1 is 0.909 bits per heavy atom. The summed E-state index contributed by atoms with van der Waals surface area (Å²) in [6.07, 6.45) is 0. The minimum absolute atomic E-state index is 1.13. The molecule has 0 N–H and O–H groups in total. The smallest absolute Gasteiger partial charge is 0.104 e. The Bertz CT molecular complexity index is 266. The second kappa shape index (κ2) is 3.09. The van der Waals surface area contributed by atoms with Gasteiger partial charge < -0.3 is 0 Å². The van der Waals surface area contributed by atoms with E-state index in [1.165, 1.54) is 16.7 Å². The summed E-state index contributed by atoms with van der Waals surface area (Å²) < 4.78 is 1.13. The van der Waals surface area contributed by atoms with E-state index in [9.17, 15) is 0 Å². The van der Waals surface area contributed by atoms with Crippen molar-refractivity contribution in [1.82, 2.24) is 4.98 Å². The third kappa shape index (κ3) is 1.55. The zero-order chi connectivity index (χ0) is 8.59. The van der Waals surface area contributed by atoms with Crippen LogP contribution in [0.4, 0.5) is 0 Å². The third-order valence-corrected chi connectivity index (χ3v) is 3.29. The number of rotatable bonds is 0. The van der Waals surface area contributed by atoms with Gasteiger partial charge in [-0.25, -0.2) is 4.98 Å². The van der Waals surface area contributed by atoms with E-state index in [2.05, 4.69) is 55.3 Å². The maximum atomic E-state index is 4.42. The third-order valence-electron chi connectivity index (χ3n) is 2.24. The first kappa shape index (κ1) is 8.97. The number of halogens is 1. The monoisotopic (exact) mass is 261 g/mol. The largest absolute Gasteiger partial charge is 0.247 e. The van der Waals surface area contributed by atoms with Gasteiger partial charge in [0.25, 0.3) is 0 Å². The lowest BCUT2D eigenvalue weighted by molar-refractivity contribution is 1.06. The molecule has 0 saturated carbocycles. The molecule has 1 rings (SSSR count). The van der Waals surface area contributed by atoms with Crippen molar-refractivity contribution in [3.8, 4) is 0 Å². The van der Waals surface area contributed by atoms with Gasteiger partial charge in [-0.05, 0) is 67.0 Å². The zero-order valence-corrected chi connectivity index (χ0v) is 9.48. The van der Waals surface area contributed by atoms with Gasteiger partial charge in [-0.15, -0.1) is 0 Å². The van der Waals surface area contributed by atoms with Crippen LogP contribution in [0.5, 0.6) is 0 Å². The first-order chi connectivity index (χ1) is 5.04. The normalized spacial score (nSPS) is 10.3. The van der Waals surface area contributed by atoms with Crippen molar-refractivity contribution >= 4 is 22.6 Å². The predicted octanol–water partition coefficient (Wildman–Crippen LogP) is 2.92. The summed E-state index contributed by atoms with van der Waals surface area (Å²) in [7, 11) is 0. The molecular weight excluding hydrogens is 249 g/mol. The van der Waals surface area contributed by atoms with Gasteiger partial charge in [0.1, 0.15) is 3.70 Å². The molecule has 0 bridgehead atoms. The Morgan fingerprint density at radius 3 is 2.00 bits per heavy atom. The molecule has 1 heterocycles. The van der Waals surface area contributed by atoms with Crippen LogP contribution in [0.2, 0.25) is 0 Å². The number of pyridine rings is 1. The summed E-state index contributed by atoms with van der Waals surface area (Å²) in [6.45, 7) is 8.46. The zero-order valence-electron chi connectivity index (χ0n) is 7.33. The molecule has 0 aromatic carbocycles. The molecule has 11 heavy (non-hydrogen) atoms. The van der Waals surface area contributed by atoms with E-state index in [1.807, 2.05) is 0 Å². The van der Waals surface area contributed by atoms with Gasteiger partial charge in [0.05, 0.1) is 0 Å². The number of hydrogen-bond acceptors (Lipinski definition) is 1. The van der Waals surface area contributed by atoms with E-state index in [1.54, 1.807) is 0 Å². The van der Waals surface area contributed by atoms with Crippen LogP contribution in [0.1, 0.15) is 22.4 Å². The molecule has 0 unspecified atom stereocenters. The minimum atomic E-state index is 1.13. The Hall–Kier alpha value is -0.120. The minimum Gasteiger partial charge on any atom is -0.247 e. The molecule has 2 heteroatoms. The fourth-order valence-electron chi connectivity index (χ4n) is 1.02. The van der Waals surface area contributed by atoms with Crippen LogP contribution in [-0.4, -0.2) is 4.98 Å². The highest BCUT2D eigenvalue weighted by Gasteiger charge is 2.05. The molecule has 0 fully saturated rings. The van der Waals surface area contributed by atoms with Crippen LogP contribution < -0.4 is 0 Å². The van der Waals surface area contributed by atoms with Crippen LogP contribution in [0.15, 0.2) is 0 Å². The van der Waals surface area contributed by atoms with Crippen LogP contribution >= 0.6 is 22.6 Å². The Morgan fingerprint density at radius 2 is 1.45 bits per heavy atom. The predicted molar refractivity (Wildman–Crippen MR) is 55.9 cm³/mol. The Labute approximate surface area is 81.4 Å². The van der Waals surface area contributed by atoms with E-state index in [0.717, 1.165) is 9.39 Å². The number of aryl methyl sites for hydroxylation is 1. The second-order valence-electron chi connectivity index (χ2n) is 2.86. The molecule has 0 atom stereocenters. The summed E-state index contributed by atoms with van der Waals surface area (Å²) in [6, 6.07) is 0. The molecule has 60 valence electrons. The first-order valence-corrected chi connectivity index (χ1v) is 4.71. The van der Waals surface area contributed by atoms with Crippen molar-refractivity contribution in [1.29, 1.82) is 0 Å². The maximum absolute atomic E-state index is 4.42. The summed E-state index contributed by atoms with van der Waals surface area (Å²) >= 11 is 2.28. The fourth-order valence-corrected chi connectivity index (χ4v) is 1.79. The lowest BCUT2D eigenvalue weighted by Crippen LogP contribution is -1.98. The lowest BCUT2D eigenvalue weighted by Gasteiger charge is -2.08. The van der Waals surface area contributed by atoms with Crippen molar-refractivity contribution in [2.75, 3.05) is 0 Å². The SMILES string of the molecule is Cc1nc(I)c(C)c(C)c1C. The second-order valence-corrected chi connectivity index (χ2v) is 3.88. The van der Waals surface area contributed by atoms with Gasteiger partial charge in [0, 0.05) is 5.69 Å². The van der Waals surface area contributed by atoms with Gasteiger partial charge in [-0.3, -0.25) is 0 Å². The lowest BCUT2D eigenvalue weighted by atomic mass is 10.1. The first-order valence-electron chi connectivity index (χ1n) is 3.64. The summed E-state index contributed by atoms with van der Waals surface area (Å²) in [5, 5.41) is 0. The van der Waals surface area contributed by atoms with Gasteiger partial charge in [-0.1, -0.05) is 0 Å². The van der Waals surface area contributed by atoms with Crippen molar-refractivity contribution in [2.24, 2.45) is 0 Å². The highest BCUT2D eigenvalue weighted by molar-refractivity contribution is 14.1. The standard InChI is InChI=1S/C9H12IN/c1-5-6(2)8(4)11-9(10)7(5)3/h1-4H3. The van der Waals surface area contributed by atoms with E-state index in [-0.39, 0.29) is 0 Å². The van der Waals surface area contributed by atoms with Crippen LogP contribution in [0, 0.1) is 31.4 Å². The molecule has 0 radical (unpaired) electrons. The fraction of sp³-hybridized carbons (Fsp3) is 0.444. The molecule has 1 nitrogen and oxygen atoms in total. The van der Waals surface area contributed by atoms with Gasteiger partial charge in [0.15, 0.2) is 0 Å². The van der Waals surface area contributed by atoms with E-state index in [0.29, 0.717) is 0 Å². The van der Waals surface area contributed by atoms with Crippen LogP contribution in [-0.2, 0) is 0 Å². The quantitative estimate of drug-likeness (QED) is 0.517. The molecule has 1 aromatic heterocycles. The molecule has 0 aliphatic heterocycles. The summed E-state index contributed by atoms with van der Waals surface area (Å²) in [5.41, 5.74) is 5.16. The highest BCUT2D eigenvalue weighted by atomic mass is 127. The molecule has 0 saturated heterocycles. The molecular formula is C9H12IN. The Kier molecular flexibility index (Phi) is 2.52.